The number of benzene rings is 1. The molecule has 1 aromatic heterocycles. The summed E-state index contributed by atoms with van der Waals surface area (Å²) in [6, 6.07) is 4.80. The lowest BCUT2D eigenvalue weighted by atomic mass is 9.86. The van der Waals surface area contributed by atoms with Crippen LogP contribution in [0.2, 0.25) is 0 Å². The predicted molar refractivity (Wildman–Crippen MR) is 159 cm³/mol. The Balaban J connectivity index is 1.81. The molecular formula is C28H42N4O7S2. The molecule has 2 aromatic rings. The Morgan fingerprint density at radius 1 is 1.07 bits per heavy atom. The van der Waals surface area contributed by atoms with Gasteiger partial charge in [0.15, 0.2) is 0 Å². The second-order valence-corrected chi connectivity index (χ2v) is 14.3. The number of thiazole rings is 1. The summed E-state index contributed by atoms with van der Waals surface area (Å²) in [4.78, 5) is 29.7. The van der Waals surface area contributed by atoms with Crippen LogP contribution in [0, 0.1) is 0 Å². The average molecular weight is 611 g/mol. The lowest BCUT2D eigenvalue weighted by Crippen LogP contribution is -2.40. The number of nitrogens with zero attached hydrogens (tertiary/aromatic N) is 1. The molecule has 0 saturated heterocycles. The van der Waals surface area contributed by atoms with Gasteiger partial charge in [-0.25, -0.2) is 27.7 Å². The zero-order chi connectivity index (χ0) is 30.4. The third kappa shape index (κ3) is 9.94. The molecule has 1 heterocycles. The second-order valence-electron chi connectivity index (χ2n) is 11.6. The number of ether oxygens (including phenoxy) is 3. The largest absolute Gasteiger partial charge is 0.447 e. The van der Waals surface area contributed by atoms with Crippen LogP contribution in [0.15, 0.2) is 29.3 Å². The summed E-state index contributed by atoms with van der Waals surface area (Å²) in [7, 11) is -2.46. The summed E-state index contributed by atoms with van der Waals surface area (Å²) in [6.07, 6.45) is 3.26. The molecule has 0 aliphatic heterocycles. The molecule has 1 saturated carbocycles. The summed E-state index contributed by atoms with van der Waals surface area (Å²) in [5.41, 5.74) is 0.0504. The van der Waals surface area contributed by atoms with E-state index in [1.54, 1.807) is 46.0 Å². The van der Waals surface area contributed by atoms with E-state index >= 15 is 0 Å². The van der Waals surface area contributed by atoms with E-state index in [9.17, 15) is 18.0 Å². The molecule has 3 N–H and O–H groups in total. The van der Waals surface area contributed by atoms with Crippen LogP contribution in [0.1, 0.15) is 78.2 Å². The molecule has 1 aromatic carbocycles. The van der Waals surface area contributed by atoms with Crippen molar-refractivity contribution in [3.8, 4) is 10.4 Å². The first-order chi connectivity index (χ1) is 19.2. The molecule has 0 radical (unpaired) electrons. The number of carbonyl (C=O) groups is 2. The van der Waals surface area contributed by atoms with Crippen molar-refractivity contribution in [1.29, 1.82) is 0 Å². The number of methoxy groups -OCH3 is 1. The van der Waals surface area contributed by atoms with Crippen LogP contribution >= 0.6 is 11.3 Å². The third-order valence-corrected chi connectivity index (χ3v) is 9.19. The maximum atomic E-state index is 13.5. The fourth-order valence-corrected chi connectivity index (χ4v) is 7.44. The standard InChI is InChI=1S/C28H42N4O7S2/c1-17(2)38-26(33)30-20-10-8-19(9-11-20)25-29-15-23(40-25)22-13-12-21(31-27(34)39-18(3)16-37-7)14-24(22)41(35,36)32-28(4,5)6/h12-15,17-20,32H,8-11,16H2,1-7H3,(H,30,33)(H,31,34). The number of carbonyl (C=O) groups excluding carboxylic acids is 2. The van der Waals surface area contributed by atoms with Crippen molar-refractivity contribution < 1.29 is 32.2 Å². The highest BCUT2D eigenvalue weighted by atomic mass is 32.2. The molecule has 1 aliphatic rings. The molecule has 3 rings (SSSR count). The summed E-state index contributed by atoms with van der Waals surface area (Å²) in [5.74, 6) is 0.213. The summed E-state index contributed by atoms with van der Waals surface area (Å²) in [6.45, 7) is 10.8. The predicted octanol–water partition coefficient (Wildman–Crippen LogP) is 5.63. The fraction of sp³-hybridized carbons (Fsp3) is 0.607. The zero-order valence-corrected chi connectivity index (χ0v) is 26.4. The number of hydrogen-bond donors (Lipinski definition) is 3. The molecular weight excluding hydrogens is 568 g/mol. The zero-order valence-electron chi connectivity index (χ0n) is 24.8. The minimum Gasteiger partial charge on any atom is -0.447 e. The first kappa shape index (κ1) is 32.8. The van der Waals surface area contributed by atoms with Crippen molar-refractivity contribution in [2.75, 3.05) is 19.0 Å². The van der Waals surface area contributed by atoms with E-state index in [2.05, 4.69) is 20.3 Å². The molecule has 2 amide bonds. The van der Waals surface area contributed by atoms with E-state index in [1.165, 1.54) is 24.5 Å². The molecule has 41 heavy (non-hydrogen) atoms. The summed E-state index contributed by atoms with van der Waals surface area (Å²) in [5, 5.41) is 6.47. The van der Waals surface area contributed by atoms with Crippen molar-refractivity contribution in [2.45, 2.75) is 102 Å². The Hall–Kier alpha value is -2.74. The Morgan fingerprint density at radius 3 is 2.37 bits per heavy atom. The van der Waals surface area contributed by atoms with Crippen molar-refractivity contribution in [3.05, 3.63) is 29.4 Å². The van der Waals surface area contributed by atoms with Gasteiger partial charge in [-0.1, -0.05) is 6.07 Å². The molecule has 11 nitrogen and oxygen atoms in total. The molecule has 228 valence electrons. The highest BCUT2D eigenvalue weighted by Crippen LogP contribution is 2.40. The smallest absolute Gasteiger partial charge is 0.411 e. The van der Waals surface area contributed by atoms with E-state index in [1.807, 2.05) is 13.8 Å². The molecule has 1 fully saturated rings. The monoisotopic (exact) mass is 610 g/mol. The first-order valence-electron chi connectivity index (χ1n) is 13.7. The van der Waals surface area contributed by atoms with E-state index < -0.39 is 33.9 Å². The van der Waals surface area contributed by atoms with Crippen LogP contribution < -0.4 is 15.4 Å². The number of nitrogens with one attached hydrogen (secondary N) is 3. The first-order valence-corrected chi connectivity index (χ1v) is 16.0. The van der Waals surface area contributed by atoms with Crippen LogP contribution in [0.25, 0.3) is 10.4 Å². The SMILES string of the molecule is COCC(C)OC(=O)Nc1ccc(-c2cnc(C3CCC(NC(=O)OC(C)C)CC3)s2)c(S(=O)(=O)NC(C)(C)C)c1. The van der Waals surface area contributed by atoms with Gasteiger partial charge in [0.1, 0.15) is 6.10 Å². The van der Waals surface area contributed by atoms with Gasteiger partial charge in [0.25, 0.3) is 0 Å². The fourth-order valence-electron chi connectivity index (χ4n) is 4.58. The number of amides is 2. The number of rotatable bonds is 10. The molecule has 13 heteroatoms. The molecule has 1 atom stereocenters. The van der Waals surface area contributed by atoms with Crippen LogP contribution in [-0.2, 0) is 24.2 Å². The van der Waals surface area contributed by atoms with Crippen molar-refractivity contribution in [3.63, 3.8) is 0 Å². The lowest BCUT2D eigenvalue weighted by molar-refractivity contribution is 0.0564. The van der Waals surface area contributed by atoms with Crippen LogP contribution in [-0.4, -0.2) is 63.1 Å². The Bertz CT molecular complexity index is 1300. The van der Waals surface area contributed by atoms with E-state index in [-0.39, 0.29) is 35.3 Å². The van der Waals surface area contributed by atoms with Gasteiger partial charge < -0.3 is 19.5 Å². The third-order valence-electron chi connectivity index (χ3n) is 6.20. The Morgan fingerprint density at radius 2 is 1.76 bits per heavy atom. The molecule has 1 unspecified atom stereocenters. The van der Waals surface area contributed by atoms with Gasteiger partial charge in [-0.3, -0.25) is 5.32 Å². The molecule has 0 spiro atoms. The van der Waals surface area contributed by atoms with E-state index in [4.69, 9.17) is 14.2 Å². The number of anilines is 1. The van der Waals surface area contributed by atoms with Gasteiger partial charge in [0.2, 0.25) is 10.0 Å². The van der Waals surface area contributed by atoms with Gasteiger partial charge in [0.05, 0.1) is 27.5 Å². The minimum absolute atomic E-state index is 0.0296. The maximum Gasteiger partial charge on any atom is 0.411 e. The quantitative estimate of drug-likeness (QED) is 0.314. The van der Waals surface area contributed by atoms with Gasteiger partial charge in [-0.2, -0.15) is 0 Å². The number of alkyl carbamates (subject to hydrolysis) is 1. The topological polar surface area (TPSA) is 145 Å². The highest BCUT2D eigenvalue weighted by molar-refractivity contribution is 7.89. The van der Waals surface area contributed by atoms with Crippen LogP contribution in [0.3, 0.4) is 0 Å². The molecule has 1 aliphatic carbocycles. The van der Waals surface area contributed by atoms with Crippen LogP contribution in [0.4, 0.5) is 15.3 Å². The van der Waals surface area contributed by atoms with Crippen molar-refractivity contribution in [2.24, 2.45) is 0 Å². The van der Waals surface area contributed by atoms with Crippen molar-refractivity contribution in [1.82, 2.24) is 15.0 Å². The van der Waals surface area contributed by atoms with Gasteiger partial charge in [-0.05, 0) is 79.4 Å². The summed E-state index contributed by atoms with van der Waals surface area (Å²) < 4.78 is 45.2. The molecule has 0 bridgehead atoms. The average Bonchev–Trinajstić information content (AvgIpc) is 3.32. The summed E-state index contributed by atoms with van der Waals surface area (Å²) >= 11 is 1.46. The van der Waals surface area contributed by atoms with Gasteiger partial charge in [0, 0.05) is 42.1 Å². The number of aromatic nitrogens is 1. The van der Waals surface area contributed by atoms with Crippen LogP contribution in [0.5, 0.6) is 0 Å². The highest BCUT2D eigenvalue weighted by Gasteiger charge is 2.29. The minimum atomic E-state index is -3.97. The van der Waals surface area contributed by atoms with E-state index in [0.717, 1.165) is 30.7 Å². The number of hydrogen-bond acceptors (Lipinski definition) is 9. The second kappa shape index (κ2) is 14.0. The number of sulfonamides is 1. The Kier molecular flexibility index (Phi) is 11.1. The lowest BCUT2D eigenvalue weighted by Gasteiger charge is -2.28. The maximum absolute atomic E-state index is 13.5. The Labute approximate surface area is 246 Å². The van der Waals surface area contributed by atoms with Gasteiger partial charge >= 0.3 is 12.2 Å². The van der Waals surface area contributed by atoms with E-state index in [0.29, 0.717) is 10.4 Å². The normalized spacial score (nSPS) is 18.5. The van der Waals surface area contributed by atoms with Crippen molar-refractivity contribution >= 4 is 39.2 Å². The van der Waals surface area contributed by atoms with Gasteiger partial charge in [-0.15, -0.1) is 11.3 Å².